The molecule has 2 aromatic carbocycles. The average Bonchev–Trinajstić information content (AvgIpc) is 2.69. The number of hydrogen-bond donors (Lipinski definition) is 0. The Bertz CT molecular complexity index is 780. The van der Waals surface area contributed by atoms with Crippen LogP contribution >= 0.6 is 0 Å². The smallest absolute Gasteiger partial charge is 0.351 e. The summed E-state index contributed by atoms with van der Waals surface area (Å²) in [4.78, 5) is 27.1. The molecule has 0 aliphatic carbocycles. The van der Waals surface area contributed by atoms with Crippen molar-refractivity contribution in [3.63, 3.8) is 0 Å². The Morgan fingerprint density at radius 2 is 1.46 bits per heavy atom. The molecular formula is C23H29NO4. The van der Waals surface area contributed by atoms with E-state index in [-0.39, 0.29) is 12.0 Å². The molecule has 0 fully saturated rings. The molecule has 0 saturated carbocycles. The average molecular weight is 383 g/mol. The highest BCUT2D eigenvalue weighted by molar-refractivity contribution is 6.08. The first-order valence-electron chi connectivity index (χ1n) is 9.62. The molecule has 0 radical (unpaired) electrons. The number of ether oxygens (including phenoxy) is 2. The van der Waals surface area contributed by atoms with Gasteiger partial charge in [0.05, 0.1) is 0 Å². The lowest BCUT2D eigenvalue weighted by Crippen LogP contribution is -2.45. The van der Waals surface area contributed by atoms with Crippen molar-refractivity contribution in [3.05, 3.63) is 65.7 Å². The van der Waals surface area contributed by atoms with Crippen LogP contribution in [-0.4, -0.2) is 41.6 Å². The maximum atomic E-state index is 12.5. The Hall–Kier alpha value is -2.66. The van der Waals surface area contributed by atoms with Gasteiger partial charge in [0.25, 0.3) is 0 Å². The maximum Gasteiger partial charge on any atom is 0.351 e. The van der Waals surface area contributed by atoms with Gasteiger partial charge in [0.1, 0.15) is 5.75 Å². The second-order valence-corrected chi connectivity index (χ2v) is 7.06. The monoisotopic (exact) mass is 383 g/mol. The highest BCUT2D eigenvalue weighted by Crippen LogP contribution is 2.22. The summed E-state index contributed by atoms with van der Waals surface area (Å²) in [5, 5.41) is 0. The molecule has 0 aromatic heterocycles. The number of hydrogen-bond acceptors (Lipinski definition) is 5. The first-order valence-corrected chi connectivity index (χ1v) is 9.62. The fraction of sp³-hybridized carbons (Fsp3) is 0.391. The zero-order valence-electron chi connectivity index (χ0n) is 17.3. The summed E-state index contributed by atoms with van der Waals surface area (Å²) in [6.45, 7) is 10.8. The lowest BCUT2D eigenvalue weighted by atomic mass is 10.0. The van der Waals surface area contributed by atoms with Crippen molar-refractivity contribution in [1.82, 2.24) is 4.90 Å². The number of ketones is 1. The molecule has 0 N–H and O–H groups in total. The van der Waals surface area contributed by atoms with Crippen LogP contribution in [0.25, 0.3) is 0 Å². The van der Waals surface area contributed by atoms with Crippen molar-refractivity contribution in [2.45, 2.75) is 46.4 Å². The van der Waals surface area contributed by atoms with E-state index in [9.17, 15) is 9.59 Å². The summed E-state index contributed by atoms with van der Waals surface area (Å²) in [6.07, 6.45) is -0.323. The van der Waals surface area contributed by atoms with Crippen molar-refractivity contribution in [2.24, 2.45) is 0 Å². The van der Waals surface area contributed by atoms with Crippen LogP contribution in [0.4, 0.5) is 0 Å². The topological polar surface area (TPSA) is 55.8 Å². The minimum Gasteiger partial charge on any atom is -0.476 e. The molecule has 28 heavy (non-hydrogen) atoms. The molecule has 0 bridgehead atoms. The molecule has 0 heterocycles. The second-order valence-electron chi connectivity index (χ2n) is 7.06. The fourth-order valence-corrected chi connectivity index (χ4v) is 2.88. The molecule has 2 rings (SSSR count). The highest BCUT2D eigenvalue weighted by atomic mass is 16.6. The van der Waals surface area contributed by atoms with Gasteiger partial charge in [-0.05, 0) is 58.1 Å². The lowest BCUT2D eigenvalue weighted by Gasteiger charge is -2.30. The van der Waals surface area contributed by atoms with Crippen LogP contribution in [0.1, 0.15) is 50.5 Å². The Morgan fingerprint density at radius 1 is 0.929 bits per heavy atom. The van der Waals surface area contributed by atoms with E-state index in [1.54, 1.807) is 50.2 Å². The SMILES string of the molecule is CCN(CC)C(C)OC(=O)C(C)(C)Oc1ccc(C(=O)c2ccccc2)cc1. The van der Waals surface area contributed by atoms with Crippen LogP contribution in [0.15, 0.2) is 54.6 Å². The fourth-order valence-electron chi connectivity index (χ4n) is 2.88. The molecule has 0 saturated heterocycles. The molecule has 0 spiro atoms. The van der Waals surface area contributed by atoms with Crippen LogP contribution in [0.5, 0.6) is 5.75 Å². The summed E-state index contributed by atoms with van der Waals surface area (Å²) < 4.78 is 11.4. The van der Waals surface area contributed by atoms with E-state index >= 15 is 0 Å². The van der Waals surface area contributed by atoms with Gasteiger partial charge in [-0.1, -0.05) is 44.2 Å². The molecule has 0 aliphatic rings. The lowest BCUT2D eigenvalue weighted by molar-refractivity contribution is -0.173. The molecule has 1 atom stereocenters. The first-order chi connectivity index (χ1) is 13.3. The van der Waals surface area contributed by atoms with Gasteiger partial charge in [-0.3, -0.25) is 9.69 Å². The third-order valence-electron chi connectivity index (χ3n) is 4.62. The highest BCUT2D eigenvalue weighted by Gasteiger charge is 2.34. The molecular weight excluding hydrogens is 354 g/mol. The molecule has 1 unspecified atom stereocenters. The van der Waals surface area contributed by atoms with Crippen LogP contribution in [0, 0.1) is 0 Å². The minimum atomic E-state index is -1.15. The summed E-state index contributed by atoms with van der Waals surface area (Å²) in [5.41, 5.74) is 0.0476. The van der Waals surface area contributed by atoms with Crippen molar-refractivity contribution in [2.75, 3.05) is 13.1 Å². The van der Waals surface area contributed by atoms with Gasteiger partial charge < -0.3 is 9.47 Å². The van der Waals surface area contributed by atoms with Crippen LogP contribution in [0.3, 0.4) is 0 Å². The van der Waals surface area contributed by atoms with Crippen molar-refractivity contribution >= 4 is 11.8 Å². The van der Waals surface area contributed by atoms with E-state index in [1.807, 2.05) is 43.9 Å². The van der Waals surface area contributed by atoms with Gasteiger partial charge in [-0.15, -0.1) is 0 Å². The quantitative estimate of drug-likeness (QED) is 0.367. The normalized spacial score (nSPS) is 12.5. The van der Waals surface area contributed by atoms with Gasteiger partial charge in [0, 0.05) is 11.1 Å². The van der Waals surface area contributed by atoms with E-state index in [4.69, 9.17) is 9.47 Å². The largest absolute Gasteiger partial charge is 0.476 e. The molecule has 2 aromatic rings. The van der Waals surface area contributed by atoms with E-state index in [1.165, 1.54) is 0 Å². The molecule has 0 amide bonds. The van der Waals surface area contributed by atoms with Crippen LogP contribution in [-0.2, 0) is 9.53 Å². The van der Waals surface area contributed by atoms with E-state index in [0.29, 0.717) is 16.9 Å². The van der Waals surface area contributed by atoms with Gasteiger partial charge in [-0.2, -0.15) is 0 Å². The molecule has 5 nitrogen and oxygen atoms in total. The molecule has 5 heteroatoms. The number of carbonyl (C=O) groups excluding carboxylic acids is 2. The Kier molecular flexibility index (Phi) is 7.35. The van der Waals surface area contributed by atoms with Crippen molar-refractivity contribution < 1.29 is 19.1 Å². The van der Waals surface area contributed by atoms with E-state index in [0.717, 1.165) is 13.1 Å². The van der Waals surface area contributed by atoms with Gasteiger partial charge >= 0.3 is 5.97 Å². The summed E-state index contributed by atoms with van der Waals surface area (Å²) >= 11 is 0. The zero-order valence-corrected chi connectivity index (χ0v) is 17.3. The van der Waals surface area contributed by atoms with Crippen LogP contribution < -0.4 is 4.74 Å². The predicted molar refractivity (Wildman–Crippen MR) is 109 cm³/mol. The third-order valence-corrected chi connectivity index (χ3v) is 4.62. The maximum absolute atomic E-state index is 12.5. The van der Waals surface area contributed by atoms with Gasteiger partial charge in [-0.25, -0.2) is 4.79 Å². The molecule has 150 valence electrons. The number of rotatable bonds is 9. The van der Waals surface area contributed by atoms with E-state index in [2.05, 4.69) is 0 Å². The third kappa shape index (κ3) is 5.42. The van der Waals surface area contributed by atoms with Crippen molar-refractivity contribution in [3.8, 4) is 5.75 Å². The Labute approximate surface area is 167 Å². The standard InChI is InChI=1S/C23H29NO4/c1-6-24(7-2)17(3)27-22(26)23(4,5)28-20-15-13-19(14-16-20)21(25)18-11-9-8-10-12-18/h8-17H,6-7H2,1-5H3. The van der Waals surface area contributed by atoms with Gasteiger partial charge in [0.15, 0.2) is 17.6 Å². The molecule has 0 aliphatic heterocycles. The minimum absolute atomic E-state index is 0.0566. The van der Waals surface area contributed by atoms with E-state index < -0.39 is 11.6 Å². The van der Waals surface area contributed by atoms with Crippen molar-refractivity contribution in [1.29, 1.82) is 0 Å². The Balaban J connectivity index is 2.03. The second kappa shape index (κ2) is 9.51. The summed E-state index contributed by atoms with van der Waals surface area (Å²) in [7, 11) is 0. The predicted octanol–water partition coefficient (Wildman–Crippen LogP) is 4.31. The Morgan fingerprint density at radius 3 is 2.00 bits per heavy atom. The number of nitrogens with zero attached hydrogens (tertiary/aromatic N) is 1. The first kappa shape index (κ1) is 21.6. The summed E-state index contributed by atoms with van der Waals surface area (Å²) in [6, 6.07) is 15.9. The van der Waals surface area contributed by atoms with Crippen LogP contribution in [0.2, 0.25) is 0 Å². The number of carbonyl (C=O) groups is 2. The number of benzene rings is 2. The zero-order chi connectivity index (χ0) is 20.7. The van der Waals surface area contributed by atoms with Gasteiger partial charge in [0.2, 0.25) is 0 Å². The number of esters is 1. The summed E-state index contributed by atoms with van der Waals surface area (Å²) in [5.74, 6) is 0.0114.